The van der Waals surface area contributed by atoms with Gasteiger partial charge in [-0.2, -0.15) is 0 Å². The van der Waals surface area contributed by atoms with Crippen molar-refractivity contribution in [1.82, 2.24) is 25.3 Å². The zero-order valence-corrected chi connectivity index (χ0v) is 19.6. The van der Waals surface area contributed by atoms with Crippen LogP contribution < -0.4 is 10.1 Å². The van der Waals surface area contributed by atoms with Crippen LogP contribution in [0.3, 0.4) is 0 Å². The van der Waals surface area contributed by atoms with Gasteiger partial charge >= 0.3 is 6.36 Å². The molecule has 36 heavy (non-hydrogen) atoms. The van der Waals surface area contributed by atoms with Crippen molar-refractivity contribution >= 4 is 26.8 Å². The first kappa shape index (κ1) is 25.0. The largest absolute Gasteiger partial charge is 0.573 e. The fourth-order valence-corrected chi connectivity index (χ4v) is 4.03. The first-order valence-electron chi connectivity index (χ1n) is 10.4. The number of fused-ring (bicyclic) bond motifs is 1. The van der Waals surface area contributed by atoms with Crippen molar-refractivity contribution in [3.63, 3.8) is 0 Å². The minimum absolute atomic E-state index is 0.256. The highest BCUT2D eigenvalue weighted by Gasteiger charge is 2.32. The number of alkyl halides is 3. The van der Waals surface area contributed by atoms with Crippen molar-refractivity contribution in [3.8, 4) is 17.3 Å². The Bertz CT molecular complexity index is 1550. The molecule has 0 aliphatic rings. The Hall–Kier alpha value is -4.13. The van der Waals surface area contributed by atoms with Gasteiger partial charge in [-0.3, -0.25) is 4.79 Å². The number of nitrogens with one attached hydrogen (secondary N) is 1. The van der Waals surface area contributed by atoms with E-state index in [9.17, 15) is 26.4 Å². The van der Waals surface area contributed by atoms with Gasteiger partial charge in [0.25, 0.3) is 5.91 Å². The van der Waals surface area contributed by atoms with E-state index in [1.165, 1.54) is 12.4 Å². The van der Waals surface area contributed by atoms with Crippen LogP contribution in [0.4, 0.5) is 13.2 Å². The van der Waals surface area contributed by atoms with Gasteiger partial charge in [-0.05, 0) is 43.3 Å². The minimum Gasteiger partial charge on any atom is -0.406 e. The van der Waals surface area contributed by atoms with Crippen LogP contribution in [0.5, 0.6) is 5.75 Å². The quantitative estimate of drug-likeness (QED) is 0.409. The van der Waals surface area contributed by atoms with Gasteiger partial charge in [0.05, 0.1) is 27.7 Å². The first-order valence-corrected chi connectivity index (χ1v) is 12.3. The van der Waals surface area contributed by atoms with Gasteiger partial charge in [-0.15, -0.1) is 13.2 Å². The van der Waals surface area contributed by atoms with E-state index in [1.54, 1.807) is 37.3 Å². The number of hydrogen-bond donors (Lipinski definition) is 1. The SMILES string of the molecule is CC(NC(=O)c1cc(OC(F)(F)F)cc(S(C)(=O)=O)c1)c1nc2ccccc2nc1-c1ncccn1. The molecule has 1 N–H and O–H groups in total. The molecule has 0 aliphatic heterocycles. The second-order valence-corrected chi connectivity index (χ2v) is 9.74. The number of sulfone groups is 1. The lowest BCUT2D eigenvalue weighted by atomic mass is 10.1. The molecule has 0 bridgehead atoms. The fraction of sp³-hybridized carbons (Fsp3) is 0.174. The van der Waals surface area contributed by atoms with Crippen LogP contribution in [0.1, 0.15) is 29.0 Å². The maximum absolute atomic E-state index is 13.0. The molecule has 2 heterocycles. The van der Waals surface area contributed by atoms with Gasteiger partial charge in [-0.25, -0.2) is 28.4 Å². The van der Waals surface area contributed by atoms with Gasteiger partial charge in [0, 0.05) is 24.2 Å². The molecule has 13 heteroatoms. The van der Waals surface area contributed by atoms with Crippen LogP contribution in [0.2, 0.25) is 0 Å². The zero-order chi connectivity index (χ0) is 26.1. The molecule has 0 saturated carbocycles. The lowest BCUT2D eigenvalue weighted by molar-refractivity contribution is -0.274. The predicted molar refractivity (Wildman–Crippen MR) is 123 cm³/mol. The van der Waals surface area contributed by atoms with Crippen LogP contribution >= 0.6 is 0 Å². The maximum Gasteiger partial charge on any atom is 0.573 e. The van der Waals surface area contributed by atoms with Gasteiger partial charge < -0.3 is 10.1 Å². The highest BCUT2D eigenvalue weighted by Crippen LogP contribution is 2.28. The summed E-state index contributed by atoms with van der Waals surface area (Å²) in [5.41, 5.74) is 1.35. The number of hydrogen-bond acceptors (Lipinski definition) is 8. The summed E-state index contributed by atoms with van der Waals surface area (Å²) in [6.45, 7) is 1.59. The highest BCUT2D eigenvalue weighted by atomic mass is 32.2. The normalized spacial score (nSPS) is 12.8. The Balaban J connectivity index is 1.73. The van der Waals surface area contributed by atoms with Crippen molar-refractivity contribution in [2.24, 2.45) is 0 Å². The molecule has 0 fully saturated rings. The Kier molecular flexibility index (Phi) is 6.59. The van der Waals surface area contributed by atoms with Crippen molar-refractivity contribution in [2.75, 3.05) is 6.26 Å². The second-order valence-electron chi connectivity index (χ2n) is 7.73. The zero-order valence-electron chi connectivity index (χ0n) is 18.8. The number of rotatable bonds is 6. The number of benzene rings is 2. The van der Waals surface area contributed by atoms with E-state index >= 15 is 0 Å². The molecule has 1 amide bonds. The lowest BCUT2D eigenvalue weighted by Gasteiger charge is -2.18. The molecule has 2 aromatic carbocycles. The van der Waals surface area contributed by atoms with Gasteiger partial charge in [0.15, 0.2) is 15.7 Å². The summed E-state index contributed by atoms with van der Waals surface area (Å²) in [7, 11) is -3.95. The topological polar surface area (TPSA) is 124 Å². The summed E-state index contributed by atoms with van der Waals surface area (Å²) >= 11 is 0. The summed E-state index contributed by atoms with van der Waals surface area (Å²) < 4.78 is 66.2. The minimum atomic E-state index is -5.08. The summed E-state index contributed by atoms with van der Waals surface area (Å²) in [6, 6.07) is 10.3. The summed E-state index contributed by atoms with van der Waals surface area (Å²) in [5.74, 6) is -1.44. The van der Waals surface area contributed by atoms with Crippen molar-refractivity contribution in [1.29, 1.82) is 0 Å². The predicted octanol–water partition coefficient (Wildman–Crippen LogP) is 3.88. The standard InChI is InChI=1S/C23H18F3N5O4S/c1-13(19-20(21-27-8-5-9-28-21)31-18-7-4-3-6-17(18)30-19)29-22(32)14-10-15(35-23(24,25)26)12-16(11-14)36(2,33)34/h3-13H,1-2H3,(H,29,32). The van der Waals surface area contributed by atoms with E-state index in [4.69, 9.17) is 0 Å². The number of amides is 1. The fourth-order valence-electron chi connectivity index (χ4n) is 3.36. The number of carbonyl (C=O) groups is 1. The van der Waals surface area contributed by atoms with E-state index in [1.807, 2.05) is 0 Å². The molecule has 4 aromatic rings. The Morgan fingerprint density at radius 3 is 2.25 bits per heavy atom. The van der Waals surface area contributed by atoms with Crippen LogP contribution in [0, 0.1) is 0 Å². The molecule has 4 rings (SSSR count). The molecule has 186 valence electrons. The molecule has 1 unspecified atom stereocenters. The van der Waals surface area contributed by atoms with E-state index in [2.05, 4.69) is 30.0 Å². The molecule has 0 aliphatic carbocycles. The first-order chi connectivity index (χ1) is 16.9. The number of para-hydroxylation sites is 2. The smallest absolute Gasteiger partial charge is 0.406 e. The Labute approximate surface area is 203 Å². The third-order valence-corrected chi connectivity index (χ3v) is 6.03. The van der Waals surface area contributed by atoms with Crippen LogP contribution in [-0.4, -0.2) is 46.9 Å². The lowest BCUT2D eigenvalue weighted by Crippen LogP contribution is -2.28. The van der Waals surface area contributed by atoms with Crippen molar-refractivity contribution in [2.45, 2.75) is 24.2 Å². The molecule has 1 atom stereocenters. The molecular formula is C23H18F3N5O4S. The second kappa shape index (κ2) is 9.49. The Morgan fingerprint density at radius 1 is 1.00 bits per heavy atom. The third kappa shape index (κ3) is 5.74. The van der Waals surface area contributed by atoms with Gasteiger partial charge in [0.1, 0.15) is 11.4 Å². The third-order valence-electron chi connectivity index (χ3n) is 4.94. The van der Waals surface area contributed by atoms with E-state index in [0.29, 0.717) is 28.5 Å². The van der Waals surface area contributed by atoms with Crippen molar-refractivity contribution in [3.05, 3.63) is 72.2 Å². The molecule has 0 spiro atoms. The van der Waals surface area contributed by atoms with Gasteiger partial charge in [0.2, 0.25) is 0 Å². The molecule has 0 radical (unpaired) electrons. The number of nitrogens with zero attached hydrogens (tertiary/aromatic N) is 4. The summed E-state index contributed by atoms with van der Waals surface area (Å²) in [6.07, 6.45) is -1.24. The van der Waals surface area contributed by atoms with Crippen LogP contribution in [0.25, 0.3) is 22.6 Å². The van der Waals surface area contributed by atoms with E-state index < -0.39 is 38.8 Å². The molecule has 0 saturated heterocycles. The number of aromatic nitrogens is 4. The average Bonchev–Trinajstić information content (AvgIpc) is 2.82. The summed E-state index contributed by atoms with van der Waals surface area (Å²) in [4.78, 5) is 30.1. The van der Waals surface area contributed by atoms with E-state index in [-0.39, 0.29) is 11.4 Å². The van der Waals surface area contributed by atoms with Crippen LogP contribution in [0.15, 0.2) is 65.8 Å². The average molecular weight is 517 g/mol. The monoisotopic (exact) mass is 517 g/mol. The molecule has 9 nitrogen and oxygen atoms in total. The van der Waals surface area contributed by atoms with Crippen molar-refractivity contribution < 1.29 is 31.1 Å². The molecule has 2 aromatic heterocycles. The molecular weight excluding hydrogens is 499 g/mol. The summed E-state index contributed by atoms with van der Waals surface area (Å²) in [5, 5.41) is 2.63. The number of carbonyl (C=O) groups excluding carboxylic acids is 1. The highest BCUT2D eigenvalue weighted by molar-refractivity contribution is 7.90. The Morgan fingerprint density at radius 2 is 1.64 bits per heavy atom. The number of ether oxygens (including phenoxy) is 1. The maximum atomic E-state index is 13.0. The van der Waals surface area contributed by atoms with Crippen LogP contribution in [-0.2, 0) is 9.84 Å². The van der Waals surface area contributed by atoms with E-state index in [0.717, 1.165) is 18.4 Å². The van der Waals surface area contributed by atoms with Gasteiger partial charge in [-0.1, -0.05) is 12.1 Å². The number of halogens is 3.